The van der Waals surface area contributed by atoms with Gasteiger partial charge >= 0.3 is 0 Å². The quantitative estimate of drug-likeness (QED) is 0.563. The zero-order chi connectivity index (χ0) is 10.9. The van der Waals surface area contributed by atoms with Crippen molar-refractivity contribution in [3.05, 3.63) is 0 Å². The highest BCUT2D eigenvalue weighted by Gasteiger charge is 2.43. The minimum absolute atomic E-state index is 0.0444. The van der Waals surface area contributed by atoms with Gasteiger partial charge < -0.3 is 10.4 Å². The number of aliphatic hydroxyl groups excluding tert-OH is 1. The van der Waals surface area contributed by atoms with E-state index < -0.39 is 6.10 Å². The Labute approximate surface area is 89.8 Å². The number of β-amino-alcohol motifs (C(OH)–C–C–N with tert-alkyl or cyclic N) is 1. The number of hydrogen-bond acceptors (Lipinski definition) is 4. The SMILES string of the molecule is CC(O)CN1NC2(CCNCC2)CC1=O. The Morgan fingerprint density at radius 2 is 2.20 bits per heavy atom. The van der Waals surface area contributed by atoms with Gasteiger partial charge in [0.15, 0.2) is 0 Å². The molecule has 1 atom stereocenters. The molecule has 5 heteroatoms. The number of carbonyl (C=O) groups is 1. The maximum absolute atomic E-state index is 11.7. The lowest BCUT2D eigenvalue weighted by atomic mass is 9.87. The first-order chi connectivity index (χ1) is 7.11. The van der Waals surface area contributed by atoms with Crippen LogP contribution in [-0.4, -0.2) is 47.3 Å². The minimum atomic E-state index is -0.474. The predicted octanol–water partition coefficient (Wildman–Crippen LogP) is -0.774. The fourth-order valence-electron chi connectivity index (χ4n) is 2.38. The van der Waals surface area contributed by atoms with Crippen molar-refractivity contribution in [3.8, 4) is 0 Å². The van der Waals surface area contributed by atoms with E-state index in [1.54, 1.807) is 11.9 Å². The highest BCUT2D eigenvalue weighted by Crippen LogP contribution is 2.28. The summed E-state index contributed by atoms with van der Waals surface area (Å²) in [5.74, 6) is 0.109. The number of hydrogen-bond donors (Lipinski definition) is 3. The number of rotatable bonds is 2. The zero-order valence-corrected chi connectivity index (χ0v) is 9.12. The summed E-state index contributed by atoms with van der Waals surface area (Å²) in [5.41, 5.74) is 3.23. The topological polar surface area (TPSA) is 64.6 Å². The first-order valence-electron chi connectivity index (χ1n) is 5.58. The zero-order valence-electron chi connectivity index (χ0n) is 9.12. The number of nitrogens with one attached hydrogen (secondary N) is 2. The van der Waals surface area contributed by atoms with E-state index in [1.807, 2.05) is 0 Å². The molecule has 2 saturated heterocycles. The van der Waals surface area contributed by atoms with E-state index in [0.29, 0.717) is 13.0 Å². The van der Waals surface area contributed by atoms with E-state index in [-0.39, 0.29) is 11.4 Å². The number of piperidine rings is 1. The molecule has 2 aliphatic heterocycles. The Balaban J connectivity index is 1.98. The molecule has 1 unspecified atom stereocenters. The summed E-state index contributed by atoms with van der Waals surface area (Å²) in [5, 5.41) is 14.1. The van der Waals surface area contributed by atoms with Crippen LogP contribution in [0.2, 0.25) is 0 Å². The van der Waals surface area contributed by atoms with E-state index >= 15 is 0 Å². The van der Waals surface area contributed by atoms with Crippen LogP contribution in [0.1, 0.15) is 26.2 Å². The Morgan fingerprint density at radius 1 is 1.53 bits per heavy atom. The van der Waals surface area contributed by atoms with E-state index in [9.17, 15) is 9.90 Å². The smallest absolute Gasteiger partial charge is 0.238 e. The van der Waals surface area contributed by atoms with Crippen molar-refractivity contribution >= 4 is 5.91 Å². The molecular weight excluding hydrogens is 194 g/mol. The third kappa shape index (κ3) is 2.30. The van der Waals surface area contributed by atoms with Crippen LogP contribution >= 0.6 is 0 Å². The Kier molecular flexibility index (Phi) is 2.95. The van der Waals surface area contributed by atoms with Gasteiger partial charge in [-0.2, -0.15) is 0 Å². The molecule has 0 saturated carbocycles. The molecule has 0 bridgehead atoms. The van der Waals surface area contributed by atoms with Gasteiger partial charge in [0.25, 0.3) is 0 Å². The summed E-state index contributed by atoms with van der Waals surface area (Å²) in [6, 6.07) is 0. The molecule has 0 aromatic heterocycles. The molecule has 1 amide bonds. The van der Waals surface area contributed by atoms with Gasteiger partial charge in [-0.25, -0.2) is 5.43 Å². The molecule has 0 aromatic carbocycles. The molecule has 2 aliphatic rings. The molecule has 3 N–H and O–H groups in total. The van der Waals surface area contributed by atoms with Crippen LogP contribution in [0.5, 0.6) is 0 Å². The highest BCUT2D eigenvalue weighted by atomic mass is 16.3. The molecule has 5 nitrogen and oxygen atoms in total. The lowest BCUT2D eigenvalue weighted by Gasteiger charge is -2.34. The van der Waals surface area contributed by atoms with Crippen molar-refractivity contribution in [3.63, 3.8) is 0 Å². The van der Waals surface area contributed by atoms with E-state index in [4.69, 9.17) is 0 Å². The maximum atomic E-state index is 11.7. The van der Waals surface area contributed by atoms with Crippen LogP contribution < -0.4 is 10.7 Å². The Morgan fingerprint density at radius 3 is 2.80 bits per heavy atom. The third-order valence-corrected chi connectivity index (χ3v) is 3.17. The molecular formula is C10H19N3O2. The third-order valence-electron chi connectivity index (χ3n) is 3.17. The lowest BCUT2D eigenvalue weighted by Crippen LogP contribution is -2.53. The van der Waals surface area contributed by atoms with Gasteiger partial charge in [0.1, 0.15) is 0 Å². The molecule has 2 fully saturated rings. The van der Waals surface area contributed by atoms with E-state index in [2.05, 4.69) is 10.7 Å². The van der Waals surface area contributed by atoms with Crippen molar-refractivity contribution in [1.82, 2.24) is 15.8 Å². The molecule has 0 radical (unpaired) electrons. The van der Waals surface area contributed by atoms with Gasteiger partial charge in [0.05, 0.1) is 12.6 Å². The monoisotopic (exact) mass is 213 g/mol. The van der Waals surface area contributed by atoms with Crippen molar-refractivity contribution in [2.24, 2.45) is 0 Å². The number of nitrogens with zero attached hydrogens (tertiary/aromatic N) is 1. The summed E-state index contributed by atoms with van der Waals surface area (Å²) < 4.78 is 0. The predicted molar refractivity (Wildman–Crippen MR) is 56.0 cm³/mol. The molecule has 2 rings (SSSR count). The minimum Gasteiger partial charge on any atom is -0.392 e. The molecule has 2 heterocycles. The second-order valence-corrected chi connectivity index (χ2v) is 4.67. The molecule has 1 spiro atoms. The van der Waals surface area contributed by atoms with E-state index in [1.165, 1.54) is 0 Å². The number of aliphatic hydroxyl groups is 1. The van der Waals surface area contributed by atoms with Gasteiger partial charge in [0.2, 0.25) is 5.91 Å². The van der Waals surface area contributed by atoms with Gasteiger partial charge in [0, 0.05) is 12.0 Å². The van der Waals surface area contributed by atoms with Crippen LogP contribution in [0.25, 0.3) is 0 Å². The van der Waals surface area contributed by atoms with Gasteiger partial charge in [-0.05, 0) is 32.9 Å². The number of amides is 1. The van der Waals surface area contributed by atoms with Crippen LogP contribution in [0.4, 0.5) is 0 Å². The molecule has 0 aromatic rings. The second-order valence-electron chi connectivity index (χ2n) is 4.67. The number of carbonyl (C=O) groups excluding carboxylic acids is 1. The molecule has 0 aliphatic carbocycles. The van der Waals surface area contributed by atoms with Crippen molar-refractivity contribution in [2.75, 3.05) is 19.6 Å². The van der Waals surface area contributed by atoms with Crippen LogP contribution in [-0.2, 0) is 4.79 Å². The van der Waals surface area contributed by atoms with Crippen LogP contribution in [0.3, 0.4) is 0 Å². The largest absolute Gasteiger partial charge is 0.392 e. The first-order valence-corrected chi connectivity index (χ1v) is 5.58. The normalized spacial score (nSPS) is 27.3. The summed E-state index contributed by atoms with van der Waals surface area (Å²) in [4.78, 5) is 11.7. The van der Waals surface area contributed by atoms with E-state index in [0.717, 1.165) is 25.9 Å². The standard InChI is InChI=1S/C10H19N3O2/c1-8(14)7-13-9(15)6-10(12-13)2-4-11-5-3-10/h8,11-12,14H,2-7H2,1H3. The van der Waals surface area contributed by atoms with Gasteiger partial charge in [-0.1, -0.05) is 0 Å². The van der Waals surface area contributed by atoms with Crippen molar-refractivity contribution < 1.29 is 9.90 Å². The first kappa shape index (κ1) is 10.9. The van der Waals surface area contributed by atoms with Crippen molar-refractivity contribution in [1.29, 1.82) is 0 Å². The Bertz CT molecular complexity index is 249. The maximum Gasteiger partial charge on any atom is 0.238 e. The van der Waals surface area contributed by atoms with Gasteiger partial charge in [-0.15, -0.1) is 0 Å². The van der Waals surface area contributed by atoms with Crippen LogP contribution in [0.15, 0.2) is 0 Å². The van der Waals surface area contributed by atoms with Crippen molar-refractivity contribution in [2.45, 2.75) is 37.8 Å². The lowest BCUT2D eigenvalue weighted by molar-refractivity contribution is -0.130. The summed E-state index contributed by atoms with van der Waals surface area (Å²) in [6.45, 7) is 4.00. The average Bonchev–Trinajstić information content (AvgIpc) is 2.43. The van der Waals surface area contributed by atoms with Gasteiger partial charge in [-0.3, -0.25) is 9.80 Å². The summed E-state index contributed by atoms with van der Waals surface area (Å²) in [6.07, 6.45) is 2.06. The fraction of sp³-hybridized carbons (Fsp3) is 0.900. The highest BCUT2D eigenvalue weighted by molar-refractivity contribution is 5.79. The molecule has 15 heavy (non-hydrogen) atoms. The van der Waals surface area contributed by atoms with Crippen LogP contribution in [0, 0.1) is 0 Å². The molecule has 86 valence electrons. The second kappa shape index (κ2) is 4.08. The fourth-order valence-corrected chi connectivity index (χ4v) is 2.38. The Hall–Kier alpha value is -0.650. The average molecular weight is 213 g/mol. The summed E-state index contributed by atoms with van der Waals surface area (Å²) >= 11 is 0. The summed E-state index contributed by atoms with van der Waals surface area (Å²) in [7, 11) is 0. The number of hydrazine groups is 1.